The van der Waals surface area contributed by atoms with Crippen LogP contribution >= 0.6 is 15.9 Å². The molecule has 2 aromatic rings. The van der Waals surface area contributed by atoms with E-state index in [9.17, 15) is 9.18 Å². The fourth-order valence-electron chi connectivity index (χ4n) is 1.13. The van der Waals surface area contributed by atoms with Crippen LogP contribution in [0.4, 0.5) is 15.9 Å². The van der Waals surface area contributed by atoms with Gasteiger partial charge in [-0.2, -0.15) is 0 Å². The van der Waals surface area contributed by atoms with Crippen molar-refractivity contribution in [3.63, 3.8) is 0 Å². The number of benzene rings is 1. The number of anilines is 2. The molecule has 0 fully saturated rings. The van der Waals surface area contributed by atoms with Crippen LogP contribution in [-0.4, -0.2) is 16.2 Å². The number of halogens is 2. The molecule has 6 nitrogen and oxygen atoms in total. The van der Waals surface area contributed by atoms with E-state index >= 15 is 0 Å². The Bertz CT molecular complexity index is 572. The maximum atomic E-state index is 13.3. The lowest BCUT2D eigenvalue weighted by molar-refractivity contribution is 0.101. The third-order valence-electron chi connectivity index (χ3n) is 1.91. The number of aromatic nitrogens is 2. The van der Waals surface area contributed by atoms with Crippen molar-refractivity contribution in [2.24, 2.45) is 0 Å². The molecular weight excluding hydrogens is 295 g/mol. The maximum Gasteiger partial charge on any atom is 0.281 e. The van der Waals surface area contributed by atoms with Crippen molar-refractivity contribution in [3.05, 3.63) is 34.2 Å². The van der Waals surface area contributed by atoms with Crippen LogP contribution in [0.15, 0.2) is 27.3 Å². The molecule has 0 spiro atoms. The second kappa shape index (κ2) is 4.50. The molecule has 2 rings (SSSR count). The van der Waals surface area contributed by atoms with E-state index in [1.807, 2.05) is 0 Å². The highest BCUT2D eigenvalue weighted by molar-refractivity contribution is 9.10. The Kier molecular flexibility index (Phi) is 3.05. The largest absolute Gasteiger partial charge is 0.379 e. The summed E-state index contributed by atoms with van der Waals surface area (Å²) in [7, 11) is 0. The van der Waals surface area contributed by atoms with Crippen molar-refractivity contribution in [1.29, 1.82) is 0 Å². The number of nitrogens with two attached hydrogens (primary N) is 1. The van der Waals surface area contributed by atoms with Crippen LogP contribution in [0.2, 0.25) is 0 Å². The lowest BCUT2D eigenvalue weighted by Crippen LogP contribution is -2.15. The molecule has 0 atom stereocenters. The summed E-state index contributed by atoms with van der Waals surface area (Å²) < 4.78 is 18.2. The second-order valence-corrected chi connectivity index (χ2v) is 3.99. The molecule has 8 heteroatoms. The van der Waals surface area contributed by atoms with Gasteiger partial charge in [-0.1, -0.05) is 15.9 Å². The average Bonchev–Trinajstić information content (AvgIpc) is 2.70. The van der Waals surface area contributed by atoms with Crippen molar-refractivity contribution in [1.82, 2.24) is 10.3 Å². The fraction of sp³-hybridized carbons (Fsp3) is 0. The quantitative estimate of drug-likeness (QED) is 0.882. The molecule has 0 saturated heterocycles. The molecule has 0 aliphatic heterocycles. The minimum Gasteiger partial charge on any atom is -0.379 e. The molecule has 1 amide bonds. The lowest BCUT2D eigenvalue weighted by Gasteiger charge is -2.04. The molecule has 88 valence electrons. The summed E-state index contributed by atoms with van der Waals surface area (Å²) in [5.74, 6) is -1.42. The smallest absolute Gasteiger partial charge is 0.281 e. The van der Waals surface area contributed by atoms with Crippen LogP contribution in [0.3, 0.4) is 0 Å². The zero-order chi connectivity index (χ0) is 12.4. The topological polar surface area (TPSA) is 94.0 Å². The summed E-state index contributed by atoms with van der Waals surface area (Å²) in [6, 6.07) is 4.14. The van der Waals surface area contributed by atoms with Gasteiger partial charge >= 0.3 is 0 Å². The summed E-state index contributed by atoms with van der Waals surface area (Å²) in [5, 5.41) is 8.86. The molecule has 0 saturated carbocycles. The van der Waals surface area contributed by atoms with Crippen molar-refractivity contribution in [2.45, 2.75) is 0 Å². The van der Waals surface area contributed by atoms with E-state index in [0.29, 0.717) is 4.47 Å². The molecule has 1 aromatic carbocycles. The molecule has 0 aliphatic rings. The molecule has 1 heterocycles. The van der Waals surface area contributed by atoms with Crippen molar-refractivity contribution in [3.8, 4) is 0 Å². The highest BCUT2D eigenvalue weighted by Crippen LogP contribution is 2.20. The van der Waals surface area contributed by atoms with Crippen molar-refractivity contribution >= 4 is 33.3 Å². The van der Waals surface area contributed by atoms with E-state index in [1.165, 1.54) is 18.2 Å². The number of amides is 1. The van der Waals surface area contributed by atoms with Gasteiger partial charge in [0.1, 0.15) is 5.82 Å². The van der Waals surface area contributed by atoms with Gasteiger partial charge in [0.05, 0.1) is 5.69 Å². The summed E-state index contributed by atoms with van der Waals surface area (Å²) in [6.45, 7) is 0. The number of rotatable bonds is 2. The molecule has 3 N–H and O–H groups in total. The number of nitrogens with one attached hydrogen (secondary N) is 1. The predicted octanol–water partition coefficient (Wildman–Crippen LogP) is 1.81. The minimum atomic E-state index is -0.694. The summed E-state index contributed by atoms with van der Waals surface area (Å²) in [4.78, 5) is 11.6. The summed E-state index contributed by atoms with van der Waals surface area (Å²) >= 11 is 3.16. The molecule has 1 aromatic heterocycles. The molecular formula is C9H6BrFN4O2. The number of hydrogen-bond acceptors (Lipinski definition) is 5. The van der Waals surface area contributed by atoms with Gasteiger partial charge in [0.15, 0.2) is 0 Å². The Morgan fingerprint density at radius 1 is 1.47 bits per heavy atom. The average molecular weight is 301 g/mol. The molecule has 0 radical (unpaired) electrons. The van der Waals surface area contributed by atoms with Crippen LogP contribution in [-0.2, 0) is 0 Å². The van der Waals surface area contributed by atoms with E-state index in [-0.39, 0.29) is 17.2 Å². The number of nitrogens with zero attached hydrogens (tertiary/aromatic N) is 2. The monoisotopic (exact) mass is 300 g/mol. The first kappa shape index (κ1) is 11.5. The highest BCUT2D eigenvalue weighted by atomic mass is 79.9. The van der Waals surface area contributed by atoms with Crippen LogP contribution in [0, 0.1) is 5.82 Å². The van der Waals surface area contributed by atoms with Crippen LogP contribution < -0.4 is 11.1 Å². The van der Waals surface area contributed by atoms with E-state index in [0.717, 1.165) is 0 Å². The Hall–Kier alpha value is -1.96. The highest BCUT2D eigenvalue weighted by Gasteiger charge is 2.17. The van der Waals surface area contributed by atoms with Gasteiger partial charge in [0, 0.05) is 4.47 Å². The van der Waals surface area contributed by atoms with Crippen molar-refractivity contribution in [2.75, 3.05) is 11.1 Å². The van der Waals surface area contributed by atoms with Crippen molar-refractivity contribution < 1.29 is 13.8 Å². The number of hydrogen-bond donors (Lipinski definition) is 2. The first-order valence-electron chi connectivity index (χ1n) is 4.42. The van der Waals surface area contributed by atoms with E-state index < -0.39 is 11.7 Å². The SMILES string of the molecule is Nc1nonc1C(=O)Nc1cc(Br)ccc1F. The first-order valence-corrected chi connectivity index (χ1v) is 5.21. The standard InChI is InChI=1S/C9H6BrFN4O2/c10-4-1-2-5(11)6(3-4)13-9(16)7-8(12)15-17-14-7/h1-3H,(H2,12,15)(H,13,16). The Labute approximate surface area is 103 Å². The van der Waals surface area contributed by atoms with Crippen LogP contribution in [0.5, 0.6) is 0 Å². The number of carbonyl (C=O) groups is 1. The van der Waals surface area contributed by atoms with Crippen LogP contribution in [0.1, 0.15) is 10.5 Å². The van der Waals surface area contributed by atoms with Gasteiger partial charge in [0.2, 0.25) is 11.5 Å². The molecule has 0 unspecified atom stereocenters. The van der Waals surface area contributed by atoms with E-state index in [1.54, 1.807) is 0 Å². The Morgan fingerprint density at radius 2 is 2.24 bits per heavy atom. The first-order chi connectivity index (χ1) is 8.08. The molecule has 0 bridgehead atoms. The van der Waals surface area contributed by atoms with E-state index in [4.69, 9.17) is 5.73 Å². The molecule has 17 heavy (non-hydrogen) atoms. The Morgan fingerprint density at radius 3 is 2.88 bits per heavy atom. The van der Waals surface area contributed by atoms with E-state index in [2.05, 4.69) is 36.2 Å². The van der Waals surface area contributed by atoms with Gasteiger partial charge in [-0.3, -0.25) is 4.79 Å². The fourth-order valence-corrected chi connectivity index (χ4v) is 1.49. The maximum absolute atomic E-state index is 13.3. The van der Waals surface area contributed by atoms with Gasteiger partial charge in [0.25, 0.3) is 5.91 Å². The lowest BCUT2D eigenvalue weighted by atomic mass is 10.3. The number of carbonyl (C=O) groups excluding carboxylic acids is 1. The minimum absolute atomic E-state index is 0.00627. The van der Waals surface area contributed by atoms with Gasteiger partial charge in [-0.25, -0.2) is 9.02 Å². The third-order valence-corrected chi connectivity index (χ3v) is 2.40. The van der Waals surface area contributed by atoms with Crippen LogP contribution in [0.25, 0.3) is 0 Å². The summed E-state index contributed by atoms with van der Waals surface area (Å²) in [5.41, 5.74) is 5.15. The second-order valence-electron chi connectivity index (χ2n) is 3.08. The van der Waals surface area contributed by atoms with Gasteiger partial charge in [-0.15, -0.1) is 0 Å². The zero-order valence-electron chi connectivity index (χ0n) is 8.28. The predicted molar refractivity (Wildman–Crippen MR) is 60.8 cm³/mol. The zero-order valence-corrected chi connectivity index (χ0v) is 9.86. The third kappa shape index (κ3) is 2.41. The normalized spacial score (nSPS) is 10.2. The summed E-state index contributed by atoms with van der Waals surface area (Å²) in [6.07, 6.45) is 0. The van der Waals surface area contributed by atoms with Gasteiger partial charge in [-0.05, 0) is 28.5 Å². The molecule has 0 aliphatic carbocycles. The Balaban J connectivity index is 2.24. The number of nitrogen functional groups attached to an aromatic ring is 1. The van der Waals surface area contributed by atoms with Gasteiger partial charge < -0.3 is 11.1 Å².